The molecule has 1 unspecified atom stereocenters. The first-order valence-electron chi connectivity index (χ1n) is 10.1. The van der Waals surface area contributed by atoms with Crippen LogP contribution in [0.1, 0.15) is 37.3 Å². The second-order valence-electron chi connectivity index (χ2n) is 7.73. The first-order chi connectivity index (χ1) is 14.3. The summed E-state index contributed by atoms with van der Waals surface area (Å²) in [5.74, 6) is 0.822. The van der Waals surface area contributed by atoms with E-state index in [-0.39, 0.29) is 11.9 Å². The van der Waals surface area contributed by atoms with Gasteiger partial charge in [-0.15, -0.1) is 0 Å². The molecule has 1 aromatic carbocycles. The van der Waals surface area contributed by atoms with Gasteiger partial charge >= 0.3 is 0 Å². The highest BCUT2D eigenvalue weighted by Gasteiger charge is 2.31. The molecule has 7 heteroatoms. The van der Waals surface area contributed by atoms with Gasteiger partial charge in [0.25, 0.3) is 5.91 Å². The molecular formula is C22H23N5O2. The number of carbonyl (C=O) groups excluding carboxylic acids is 1. The van der Waals surface area contributed by atoms with Crippen molar-refractivity contribution in [3.05, 3.63) is 60.8 Å². The van der Waals surface area contributed by atoms with Crippen molar-refractivity contribution >= 4 is 5.91 Å². The number of rotatable bonds is 4. The number of ether oxygens (including phenoxy) is 1. The topological polar surface area (TPSA) is 81.9 Å². The van der Waals surface area contributed by atoms with Crippen molar-refractivity contribution < 1.29 is 9.53 Å². The van der Waals surface area contributed by atoms with Crippen LogP contribution in [0.5, 0.6) is 5.75 Å². The van der Waals surface area contributed by atoms with E-state index in [0.717, 1.165) is 48.3 Å². The summed E-state index contributed by atoms with van der Waals surface area (Å²) in [5, 5.41) is 7.72. The SMILES string of the molecule is O=C(NC1CCC(n2cc(-c3cnccn3)cn2)CC1)C1Cc2ccccc2O1. The van der Waals surface area contributed by atoms with Gasteiger partial charge in [0.2, 0.25) is 0 Å². The van der Waals surface area contributed by atoms with E-state index < -0.39 is 6.10 Å². The van der Waals surface area contributed by atoms with E-state index in [4.69, 9.17) is 4.74 Å². The molecule has 0 saturated heterocycles. The monoisotopic (exact) mass is 389 g/mol. The van der Waals surface area contributed by atoms with Crippen molar-refractivity contribution in [3.63, 3.8) is 0 Å². The number of hydrogen-bond donors (Lipinski definition) is 1. The van der Waals surface area contributed by atoms with E-state index >= 15 is 0 Å². The maximum atomic E-state index is 12.6. The van der Waals surface area contributed by atoms with Gasteiger partial charge in [-0.3, -0.25) is 19.4 Å². The Morgan fingerprint density at radius 2 is 1.97 bits per heavy atom. The predicted molar refractivity (Wildman–Crippen MR) is 107 cm³/mol. The highest BCUT2D eigenvalue weighted by molar-refractivity contribution is 5.82. The van der Waals surface area contributed by atoms with Crippen molar-refractivity contribution in [2.24, 2.45) is 0 Å². The molecule has 5 rings (SSSR count). The average molecular weight is 389 g/mol. The third-order valence-electron chi connectivity index (χ3n) is 5.82. The van der Waals surface area contributed by atoms with Crippen LogP contribution in [0.4, 0.5) is 0 Å². The van der Waals surface area contributed by atoms with Gasteiger partial charge < -0.3 is 10.1 Å². The van der Waals surface area contributed by atoms with Crippen LogP contribution in [0.25, 0.3) is 11.3 Å². The largest absolute Gasteiger partial charge is 0.480 e. The second kappa shape index (κ2) is 7.66. The Morgan fingerprint density at radius 1 is 1.10 bits per heavy atom. The van der Waals surface area contributed by atoms with Crippen LogP contribution in [-0.2, 0) is 11.2 Å². The number of nitrogens with zero attached hydrogens (tertiary/aromatic N) is 4. The van der Waals surface area contributed by atoms with E-state index in [1.54, 1.807) is 18.6 Å². The fourth-order valence-corrected chi connectivity index (χ4v) is 4.23. The van der Waals surface area contributed by atoms with Gasteiger partial charge in [0, 0.05) is 36.6 Å². The number of carbonyl (C=O) groups is 1. The molecule has 1 aliphatic heterocycles. The lowest BCUT2D eigenvalue weighted by molar-refractivity contribution is -0.128. The zero-order valence-corrected chi connectivity index (χ0v) is 16.1. The second-order valence-corrected chi connectivity index (χ2v) is 7.73. The predicted octanol–water partition coefficient (Wildman–Crippen LogP) is 2.94. The molecule has 7 nitrogen and oxygen atoms in total. The molecule has 3 aromatic rings. The Hall–Kier alpha value is -3.22. The maximum Gasteiger partial charge on any atom is 0.261 e. The van der Waals surface area contributed by atoms with E-state index in [1.807, 2.05) is 41.3 Å². The summed E-state index contributed by atoms with van der Waals surface area (Å²) in [6, 6.07) is 8.40. The Kier molecular flexibility index (Phi) is 4.71. The molecule has 0 spiro atoms. The molecule has 1 amide bonds. The molecule has 1 atom stereocenters. The summed E-state index contributed by atoms with van der Waals surface area (Å²) in [5.41, 5.74) is 2.91. The molecule has 148 valence electrons. The van der Waals surface area contributed by atoms with Crippen molar-refractivity contribution in [2.75, 3.05) is 0 Å². The fourth-order valence-electron chi connectivity index (χ4n) is 4.23. The summed E-state index contributed by atoms with van der Waals surface area (Å²) < 4.78 is 7.83. The zero-order valence-electron chi connectivity index (χ0n) is 16.1. The van der Waals surface area contributed by atoms with E-state index in [1.165, 1.54) is 0 Å². The van der Waals surface area contributed by atoms with Crippen molar-refractivity contribution in [1.82, 2.24) is 25.1 Å². The number of hydrogen-bond acceptors (Lipinski definition) is 5. The quantitative estimate of drug-likeness (QED) is 0.742. The molecular weight excluding hydrogens is 366 g/mol. The maximum absolute atomic E-state index is 12.6. The lowest BCUT2D eigenvalue weighted by Gasteiger charge is -2.29. The van der Waals surface area contributed by atoms with E-state index in [9.17, 15) is 4.79 Å². The van der Waals surface area contributed by atoms with Gasteiger partial charge in [-0.2, -0.15) is 5.10 Å². The Morgan fingerprint density at radius 3 is 2.76 bits per heavy atom. The molecule has 1 fully saturated rings. The van der Waals surface area contributed by atoms with Crippen LogP contribution in [0.2, 0.25) is 0 Å². The van der Waals surface area contributed by atoms with Crippen LogP contribution in [-0.4, -0.2) is 37.8 Å². The van der Waals surface area contributed by atoms with Crippen molar-refractivity contribution in [1.29, 1.82) is 0 Å². The normalized spacial score (nSPS) is 23.2. The van der Waals surface area contributed by atoms with Gasteiger partial charge in [-0.05, 0) is 37.3 Å². The lowest BCUT2D eigenvalue weighted by Crippen LogP contribution is -2.44. The molecule has 2 aromatic heterocycles. The van der Waals surface area contributed by atoms with Crippen molar-refractivity contribution in [2.45, 2.75) is 50.3 Å². The highest BCUT2D eigenvalue weighted by atomic mass is 16.5. The van der Waals surface area contributed by atoms with Crippen LogP contribution in [0.15, 0.2) is 55.2 Å². The van der Waals surface area contributed by atoms with Crippen LogP contribution >= 0.6 is 0 Å². The summed E-state index contributed by atoms with van der Waals surface area (Å²) in [6.45, 7) is 0. The van der Waals surface area contributed by atoms with Crippen LogP contribution in [0, 0.1) is 0 Å². The smallest absolute Gasteiger partial charge is 0.261 e. The first-order valence-corrected chi connectivity index (χ1v) is 10.1. The number of aromatic nitrogens is 4. The molecule has 3 heterocycles. The van der Waals surface area contributed by atoms with Crippen molar-refractivity contribution in [3.8, 4) is 17.0 Å². The Balaban J connectivity index is 1.14. The Bertz CT molecular complexity index is 970. The zero-order chi connectivity index (χ0) is 19.6. The molecule has 2 aliphatic rings. The van der Waals surface area contributed by atoms with Gasteiger partial charge in [-0.25, -0.2) is 0 Å². The fraction of sp³-hybridized carbons (Fsp3) is 0.364. The Labute approximate surface area is 169 Å². The van der Waals surface area contributed by atoms with E-state index in [0.29, 0.717) is 12.5 Å². The third kappa shape index (κ3) is 3.72. The third-order valence-corrected chi connectivity index (χ3v) is 5.82. The number of benzene rings is 1. The first kappa shape index (κ1) is 17.8. The molecule has 1 aliphatic carbocycles. The van der Waals surface area contributed by atoms with Gasteiger partial charge in [0.05, 0.1) is 24.1 Å². The van der Waals surface area contributed by atoms with Crippen LogP contribution < -0.4 is 10.1 Å². The summed E-state index contributed by atoms with van der Waals surface area (Å²) >= 11 is 0. The summed E-state index contributed by atoms with van der Waals surface area (Å²) in [7, 11) is 0. The molecule has 29 heavy (non-hydrogen) atoms. The summed E-state index contributed by atoms with van der Waals surface area (Å²) in [4.78, 5) is 21.1. The number of para-hydroxylation sites is 1. The minimum absolute atomic E-state index is 0.00585. The minimum Gasteiger partial charge on any atom is -0.480 e. The number of amides is 1. The molecule has 0 bridgehead atoms. The molecule has 1 saturated carbocycles. The number of fused-ring (bicyclic) bond motifs is 1. The summed E-state index contributed by atoms with van der Waals surface area (Å²) in [6.07, 6.45) is 13.1. The average Bonchev–Trinajstić information content (AvgIpc) is 3.42. The number of nitrogens with one attached hydrogen (secondary N) is 1. The van der Waals surface area contributed by atoms with Gasteiger partial charge in [-0.1, -0.05) is 18.2 Å². The van der Waals surface area contributed by atoms with Gasteiger partial charge in [0.1, 0.15) is 5.75 Å². The molecule has 1 N–H and O–H groups in total. The standard InChI is InChI=1S/C22H23N5O2/c28-22(21-11-15-3-1-2-4-20(15)29-21)26-17-5-7-18(8-6-17)27-14-16(12-25-27)19-13-23-9-10-24-19/h1-4,9-10,12-14,17-18,21H,5-8,11H2,(H,26,28). The highest BCUT2D eigenvalue weighted by Crippen LogP contribution is 2.31. The minimum atomic E-state index is -0.411. The van der Waals surface area contributed by atoms with Gasteiger partial charge in [0.15, 0.2) is 6.10 Å². The van der Waals surface area contributed by atoms with E-state index in [2.05, 4.69) is 20.4 Å². The van der Waals surface area contributed by atoms with Crippen LogP contribution in [0.3, 0.4) is 0 Å². The lowest BCUT2D eigenvalue weighted by atomic mass is 9.91. The molecule has 0 radical (unpaired) electrons.